The molecule has 0 radical (unpaired) electrons. The van der Waals surface area contributed by atoms with E-state index in [9.17, 15) is 4.21 Å². The van der Waals surface area contributed by atoms with E-state index in [1.54, 1.807) is 12.1 Å². The number of benzene rings is 1. The van der Waals surface area contributed by atoms with Crippen LogP contribution in [-0.4, -0.2) is 23.0 Å². The number of epoxide rings is 1. The third kappa shape index (κ3) is 3.30. The van der Waals surface area contributed by atoms with Crippen LogP contribution in [0, 0.1) is 6.92 Å². The van der Waals surface area contributed by atoms with E-state index < -0.39 is 11.4 Å². The molecule has 1 aromatic carbocycles. The molecule has 0 amide bonds. The Morgan fingerprint density at radius 3 is 2.62 bits per heavy atom. The minimum Gasteiger partial charge on any atom is -0.380 e. The van der Waals surface area contributed by atoms with Gasteiger partial charge < -0.3 is 8.92 Å². The third-order valence-corrected chi connectivity index (χ3v) is 2.92. The Balaban J connectivity index is 1.80. The first kappa shape index (κ1) is 11.6. The van der Waals surface area contributed by atoms with Crippen molar-refractivity contribution in [1.82, 2.24) is 0 Å². The first-order valence-corrected chi connectivity index (χ1v) is 6.01. The normalized spacial score (nSPS) is 25.1. The number of ether oxygens (including phenoxy) is 1. The summed E-state index contributed by atoms with van der Waals surface area (Å²) in [5, 5.41) is 0. The first-order chi connectivity index (χ1) is 7.57. The zero-order valence-corrected chi connectivity index (χ0v) is 10.1. The van der Waals surface area contributed by atoms with Gasteiger partial charge in [-0.3, -0.25) is 4.18 Å². The van der Waals surface area contributed by atoms with Crippen LogP contribution >= 0.6 is 0 Å². The van der Waals surface area contributed by atoms with Gasteiger partial charge in [0.1, 0.15) is 11.4 Å². The minimum absolute atomic E-state index is 0.272. The molecule has 5 heteroatoms. The highest BCUT2D eigenvalue weighted by atomic mass is 32.2. The van der Waals surface area contributed by atoms with E-state index in [0.29, 0.717) is 12.4 Å². The Kier molecular flexibility index (Phi) is 3.28. The number of rotatable bonds is 5. The van der Waals surface area contributed by atoms with E-state index in [2.05, 4.69) is 0 Å². The second-order valence-electron chi connectivity index (χ2n) is 4.10. The third-order valence-electron chi connectivity index (χ3n) is 2.28. The Hall–Kier alpha value is -0.910. The average molecular weight is 242 g/mol. The summed E-state index contributed by atoms with van der Waals surface area (Å²) in [7, 11) is 0. The summed E-state index contributed by atoms with van der Waals surface area (Å²) in [6, 6.07) is 7.29. The van der Waals surface area contributed by atoms with Gasteiger partial charge in [0.15, 0.2) is 0 Å². The molecule has 1 aliphatic rings. The van der Waals surface area contributed by atoms with Crippen LogP contribution in [0.1, 0.15) is 12.5 Å². The molecule has 0 bridgehead atoms. The van der Waals surface area contributed by atoms with E-state index >= 15 is 0 Å². The molecule has 1 heterocycles. The molecule has 0 N–H and O–H groups in total. The lowest BCUT2D eigenvalue weighted by atomic mass is 10.2. The molecular formula is C11H14O4S. The van der Waals surface area contributed by atoms with Gasteiger partial charge in [0.25, 0.3) is 0 Å². The van der Waals surface area contributed by atoms with Crippen LogP contribution in [0.4, 0.5) is 0 Å². The molecule has 4 nitrogen and oxygen atoms in total. The molecule has 1 saturated heterocycles. The van der Waals surface area contributed by atoms with Crippen molar-refractivity contribution in [3.63, 3.8) is 0 Å². The van der Waals surface area contributed by atoms with Crippen molar-refractivity contribution in [3.8, 4) is 5.75 Å². The van der Waals surface area contributed by atoms with E-state index in [-0.39, 0.29) is 12.2 Å². The summed E-state index contributed by atoms with van der Waals surface area (Å²) < 4.78 is 26.6. The zero-order chi connectivity index (χ0) is 11.6. The van der Waals surface area contributed by atoms with Crippen molar-refractivity contribution in [2.24, 2.45) is 0 Å². The molecule has 1 fully saturated rings. The maximum Gasteiger partial charge on any atom is 0.360 e. The fourth-order valence-corrected chi connectivity index (χ4v) is 1.74. The molecule has 2 rings (SSSR count). The number of hydrogen-bond acceptors (Lipinski definition) is 4. The zero-order valence-electron chi connectivity index (χ0n) is 9.26. The van der Waals surface area contributed by atoms with Gasteiger partial charge in [0.05, 0.1) is 13.2 Å². The molecule has 88 valence electrons. The van der Waals surface area contributed by atoms with Crippen molar-refractivity contribution < 1.29 is 17.3 Å². The summed E-state index contributed by atoms with van der Waals surface area (Å²) in [5.74, 6) is 0.533. The highest BCUT2D eigenvalue weighted by Crippen LogP contribution is 2.26. The topological polar surface area (TPSA) is 48.1 Å². The Labute approximate surface area is 97.4 Å². The van der Waals surface area contributed by atoms with E-state index in [4.69, 9.17) is 13.1 Å². The quantitative estimate of drug-likeness (QED) is 0.738. The minimum atomic E-state index is -1.76. The van der Waals surface area contributed by atoms with Crippen LogP contribution in [0.3, 0.4) is 0 Å². The van der Waals surface area contributed by atoms with Gasteiger partial charge in [-0.25, -0.2) is 0 Å². The lowest BCUT2D eigenvalue weighted by Crippen LogP contribution is -2.17. The fraction of sp³-hybridized carbons (Fsp3) is 0.455. The van der Waals surface area contributed by atoms with Gasteiger partial charge >= 0.3 is 11.4 Å². The molecule has 2 unspecified atom stereocenters. The monoisotopic (exact) mass is 242 g/mol. The van der Waals surface area contributed by atoms with Crippen molar-refractivity contribution >= 4 is 11.4 Å². The molecule has 0 aromatic heterocycles. The van der Waals surface area contributed by atoms with Crippen molar-refractivity contribution in [3.05, 3.63) is 29.8 Å². The van der Waals surface area contributed by atoms with Crippen molar-refractivity contribution in [2.45, 2.75) is 19.4 Å². The molecule has 16 heavy (non-hydrogen) atoms. The second kappa shape index (κ2) is 4.53. The van der Waals surface area contributed by atoms with Crippen molar-refractivity contribution in [1.29, 1.82) is 0 Å². The predicted octanol–water partition coefficient (Wildman–Crippen LogP) is 1.76. The standard InChI is InChI=1S/C11H14O4S/c1-9-3-5-10(6-4-9)15-16(12)14-8-11(2)7-13-11/h3-6H,7-8H2,1-2H3. The van der Waals surface area contributed by atoms with Gasteiger partial charge in [-0.2, -0.15) is 4.21 Å². The largest absolute Gasteiger partial charge is 0.380 e. The maximum absolute atomic E-state index is 11.4. The van der Waals surface area contributed by atoms with Gasteiger partial charge in [0.2, 0.25) is 0 Å². The van der Waals surface area contributed by atoms with Crippen LogP contribution < -0.4 is 4.18 Å². The maximum atomic E-state index is 11.4. The fourth-order valence-electron chi connectivity index (χ4n) is 1.08. The van der Waals surface area contributed by atoms with E-state index in [1.807, 2.05) is 26.0 Å². The summed E-state index contributed by atoms with van der Waals surface area (Å²) in [4.78, 5) is 0. The lowest BCUT2D eigenvalue weighted by molar-refractivity contribution is 0.205. The van der Waals surface area contributed by atoms with Crippen LogP contribution in [0.5, 0.6) is 5.75 Å². The van der Waals surface area contributed by atoms with E-state index in [0.717, 1.165) is 5.56 Å². The molecule has 0 spiro atoms. The molecule has 1 aromatic rings. The van der Waals surface area contributed by atoms with Gasteiger partial charge in [0, 0.05) is 0 Å². The first-order valence-electron chi connectivity index (χ1n) is 5.01. The summed E-state index contributed by atoms with van der Waals surface area (Å²) in [6.07, 6.45) is 0. The Morgan fingerprint density at radius 1 is 1.44 bits per heavy atom. The second-order valence-corrected chi connectivity index (χ2v) is 4.91. The van der Waals surface area contributed by atoms with Crippen LogP contribution in [-0.2, 0) is 20.3 Å². The van der Waals surface area contributed by atoms with Gasteiger partial charge in [-0.05, 0) is 26.0 Å². The van der Waals surface area contributed by atoms with Crippen LogP contribution in [0.2, 0.25) is 0 Å². The summed E-state index contributed by atoms with van der Waals surface area (Å²) >= 11 is -1.76. The molecule has 2 atom stereocenters. The lowest BCUT2D eigenvalue weighted by Gasteiger charge is -2.06. The Morgan fingerprint density at radius 2 is 2.06 bits per heavy atom. The highest BCUT2D eigenvalue weighted by Gasteiger charge is 2.40. The van der Waals surface area contributed by atoms with Gasteiger partial charge in [-0.1, -0.05) is 17.7 Å². The average Bonchev–Trinajstić information content (AvgIpc) is 2.98. The van der Waals surface area contributed by atoms with E-state index in [1.165, 1.54) is 0 Å². The molecule has 0 saturated carbocycles. The van der Waals surface area contributed by atoms with Crippen molar-refractivity contribution in [2.75, 3.05) is 13.2 Å². The van der Waals surface area contributed by atoms with Crippen LogP contribution in [0.25, 0.3) is 0 Å². The number of aryl methyl sites for hydroxylation is 1. The van der Waals surface area contributed by atoms with Crippen LogP contribution in [0.15, 0.2) is 24.3 Å². The Bertz CT molecular complexity index is 383. The summed E-state index contributed by atoms with van der Waals surface area (Å²) in [5.41, 5.74) is 0.852. The predicted molar refractivity (Wildman–Crippen MR) is 60.3 cm³/mol. The number of hydrogen-bond donors (Lipinski definition) is 0. The highest BCUT2D eigenvalue weighted by molar-refractivity contribution is 7.75. The molecule has 1 aliphatic heterocycles. The van der Waals surface area contributed by atoms with Gasteiger partial charge in [-0.15, -0.1) is 0 Å². The molecule has 0 aliphatic carbocycles. The molecular weight excluding hydrogens is 228 g/mol. The summed E-state index contributed by atoms with van der Waals surface area (Å²) in [6.45, 7) is 4.80. The smallest absolute Gasteiger partial charge is 0.360 e. The SMILES string of the molecule is Cc1ccc(OS(=O)OCC2(C)CO2)cc1.